The summed E-state index contributed by atoms with van der Waals surface area (Å²) in [7, 11) is 0. The summed E-state index contributed by atoms with van der Waals surface area (Å²) in [6.45, 7) is 4.89. The number of carboxylic acid groups (broad SMARTS) is 1. The van der Waals surface area contributed by atoms with E-state index in [2.05, 4.69) is 4.98 Å². The summed E-state index contributed by atoms with van der Waals surface area (Å²) >= 11 is 0. The Labute approximate surface area is 103 Å². The molecule has 2 N–H and O–H groups in total. The number of carbonyl (C=O) groups is 2. The highest BCUT2D eigenvalue weighted by atomic mass is 19.1. The Morgan fingerprint density at radius 2 is 2.06 bits per heavy atom. The third kappa shape index (κ3) is 3.69. The molecule has 0 saturated heterocycles. The molecule has 98 valence electrons. The lowest BCUT2D eigenvalue weighted by molar-refractivity contribution is 0.0635. The van der Waals surface area contributed by atoms with E-state index in [4.69, 9.17) is 9.84 Å². The molecule has 1 amide bonds. The van der Waals surface area contributed by atoms with Crippen LogP contribution in [0.25, 0.3) is 0 Å². The summed E-state index contributed by atoms with van der Waals surface area (Å²) in [6, 6.07) is 1.08. The SMILES string of the molecule is CC(C)(C)OC(=O)Nc1c(C(=O)O)ccnc1F. The molecule has 0 atom stereocenters. The highest BCUT2D eigenvalue weighted by Gasteiger charge is 2.21. The topological polar surface area (TPSA) is 88.5 Å². The van der Waals surface area contributed by atoms with Crippen LogP contribution in [0.4, 0.5) is 14.9 Å². The van der Waals surface area contributed by atoms with E-state index in [0.29, 0.717) is 0 Å². The lowest BCUT2D eigenvalue weighted by atomic mass is 10.2. The Hall–Kier alpha value is -2.18. The summed E-state index contributed by atoms with van der Waals surface area (Å²) in [6.07, 6.45) is 0.0518. The molecule has 18 heavy (non-hydrogen) atoms. The largest absolute Gasteiger partial charge is 0.478 e. The number of halogens is 1. The minimum absolute atomic E-state index is 0.395. The van der Waals surface area contributed by atoms with E-state index >= 15 is 0 Å². The van der Waals surface area contributed by atoms with Crippen LogP contribution in [0.15, 0.2) is 12.3 Å². The second kappa shape index (κ2) is 4.99. The van der Waals surface area contributed by atoms with E-state index in [0.717, 1.165) is 12.3 Å². The van der Waals surface area contributed by atoms with Crippen molar-refractivity contribution >= 4 is 17.7 Å². The van der Waals surface area contributed by atoms with Crippen molar-refractivity contribution in [3.63, 3.8) is 0 Å². The van der Waals surface area contributed by atoms with Crippen LogP contribution in [0.2, 0.25) is 0 Å². The number of pyridine rings is 1. The predicted molar refractivity (Wildman–Crippen MR) is 61.0 cm³/mol. The quantitative estimate of drug-likeness (QED) is 0.792. The predicted octanol–water partition coefficient (Wildman–Crippen LogP) is 2.27. The molecule has 0 saturated carbocycles. The zero-order chi connectivity index (χ0) is 13.9. The smallest absolute Gasteiger partial charge is 0.412 e. The number of hydrogen-bond donors (Lipinski definition) is 2. The van der Waals surface area contributed by atoms with Crippen LogP contribution in [-0.2, 0) is 4.74 Å². The second-order valence-corrected chi connectivity index (χ2v) is 4.46. The van der Waals surface area contributed by atoms with E-state index in [9.17, 15) is 14.0 Å². The van der Waals surface area contributed by atoms with Gasteiger partial charge in [0.1, 0.15) is 11.3 Å². The van der Waals surface area contributed by atoms with E-state index in [1.54, 1.807) is 20.8 Å². The van der Waals surface area contributed by atoms with Crippen molar-refractivity contribution in [2.45, 2.75) is 26.4 Å². The van der Waals surface area contributed by atoms with Gasteiger partial charge in [-0.05, 0) is 26.8 Å². The molecule has 0 spiro atoms. The maximum Gasteiger partial charge on any atom is 0.412 e. The zero-order valence-electron chi connectivity index (χ0n) is 10.2. The summed E-state index contributed by atoms with van der Waals surface area (Å²) in [5.41, 5.74) is -1.68. The maximum absolute atomic E-state index is 13.4. The van der Waals surface area contributed by atoms with Crippen molar-refractivity contribution in [3.05, 3.63) is 23.8 Å². The molecule has 1 heterocycles. The minimum Gasteiger partial charge on any atom is -0.478 e. The molecular weight excluding hydrogens is 243 g/mol. The normalized spacial score (nSPS) is 10.9. The molecule has 0 fully saturated rings. The minimum atomic E-state index is -1.37. The third-order valence-electron chi connectivity index (χ3n) is 1.76. The van der Waals surface area contributed by atoms with Gasteiger partial charge in [-0.1, -0.05) is 0 Å². The lowest BCUT2D eigenvalue weighted by Crippen LogP contribution is -2.28. The molecule has 6 nitrogen and oxygen atoms in total. The third-order valence-corrected chi connectivity index (χ3v) is 1.76. The Bertz CT molecular complexity index is 482. The standard InChI is InChI=1S/C11H13FN2O4/c1-11(2,3)18-10(17)14-7-6(9(15)16)4-5-13-8(7)12/h4-5H,1-3H3,(H,14,17)(H,15,16). The molecule has 0 aliphatic carbocycles. The fraction of sp³-hybridized carbons (Fsp3) is 0.364. The van der Waals surface area contributed by atoms with E-state index in [1.807, 2.05) is 5.32 Å². The first-order chi connectivity index (χ1) is 8.20. The summed E-state index contributed by atoms with van der Waals surface area (Å²) < 4.78 is 18.3. The Balaban J connectivity index is 2.97. The van der Waals surface area contributed by atoms with Gasteiger partial charge in [0.05, 0.1) is 5.56 Å². The number of amides is 1. The Morgan fingerprint density at radius 1 is 1.44 bits per heavy atom. The molecular formula is C11H13FN2O4. The molecule has 0 radical (unpaired) electrons. The van der Waals surface area contributed by atoms with Crippen LogP contribution in [0.5, 0.6) is 0 Å². The van der Waals surface area contributed by atoms with E-state index in [1.165, 1.54) is 0 Å². The van der Waals surface area contributed by atoms with Gasteiger partial charge in [0.15, 0.2) is 0 Å². The molecule has 0 bridgehead atoms. The summed E-state index contributed by atoms with van der Waals surface area (Å²) in [5.74, 6) is -2.46. The van der Waals surface area contributed by atoms with Crippen LogP contribution in [0.3, 0.4) is 0 Å². The summed E-state index contributed by atoms with van der Waals surface area (Å²) in [4.78, 5) is 25.6. The molecule has 1 aromatic heterocycles. The molecule has 1 rings (SSSR count). The van der Waals surface area contributed by atoms with Gasteiger partial charge in [0, 0.05) is 6.20 Å². The first-order valence-corrected chi connectivity index (χ1v) is 5.08. The average molecular weight is 256 g/mol. The van der Waals surface area contributed by atoms with Crippen molar-refractivity contribution < 1.29 is 23.8 Å². The first kappa shape index (κ1) is 13.9. The van der Waals surface area contributed by atoms with E-state index in [-0.39, 0.29) is 0 Å². The second-order valence-electron chi connectivity index (χ2n) is 4.46. The van der Waals surface area contributed by atoms with Crippen LogP contribution in [0.1, 0.15) is 31.1 Å². The van der Waals surface area contributed by atoms with Gasteiger partial charge in [0.25, 0.3) is 0 Å². The van der Waals surface area contributed by atoms with Crippen LogP contribution < -0.4 is 5.32 Å². The van der Waals surface area contributed by atoms with Crippen LogP contribution in [-0.4, -0.2) is 27.8 Å². The van der Waals surface area contributed by atoms with Crippen molar-refractivity contribution in [3.8, 4) is 0 Å². The number of nitrogens with one attached hydrogen (secondary N) is 1. The number of aromatic nitrogens is 1. The van der Waals surface area contributed by atoms with Gasteiger partial charge in [0.2, 0.25) is 5.95 Å². The maximum atomic E-state index is 13.4. The molecule has 0 unspecified atom stereocenters. The molecule has 0 aliphatic heterocycles. The fourth-order valence-corrected chi connectivity index (χ4v) is 1.14. The molecule has 0 aliphatic rings. The van der Waals surface area contributed by atoms with Gasteiger partial charge in [-0.25, -0.2) is 14.6 Å². The van der Waals surface area contributed by atoms with Gasteiger partial charge < -0.3 is 9.84 Å². The molecule has 7 heteroatoms. The number of hydrogen-bond acceptors (Lipinski definition) is 4. The number of aromatic carboxylic acids is 1. The van der Waals surface area contributed by atoms with Crippen molar-refractivity contribution in [1.82, 2.24) is 4.98 Å². The number of ether oxygens (including phenoxy) is 1. The van der Waals surface area contributed by atoms with Crippen molar-refractivity contribution in [1.29, 1.82) is 0 Å². The zero-order valence-corrected chi connectivity index (χ0v) is 10.2. The van der Waals surface area contributed by atoms with Gasteiger partial charge in [-0.15, -0.1) is 0 Å². The number of nitrogens with zero attached hydrogens (tertiary/aromatic N) is 1. The number of carbonyl (C=O) groups excluding carboxylic acids is 1. The Kier molecular flexibility index (Phi) is 3.85. The highest BCUT2D eigenvalue weighted by molar-refractivity contribution is 5.98. The Morgan fingerprint density at radius 3 is 2.56 bits per heavy atom. The van der Waals surface area contributed by atoms with Gasteiger partial charge in [-0.2, -0.15) is 4.39 Å². The van der Waals surface area contributed by atoms with Crippen molar-refractivity contribution in [2.75, 3.05) is 5.32 Å². The molecule has 0 aromatic carbocycles. The number of rotatable bonds is 2. The number of anilines is 1. The monoisotopic (exact) mass is 256 g/mol. The van der Waals surface area contributed by atoms with Gasteiger partial charge in [-0.3, -0.25) is 5.32 Å². The lowest BCUT2D eigenvalue weighted by Gasteiger charge is -2.20. The molecule has 1 aromatic rings. The fourth-order valence-electron chi connectivity index (χ4n) is 1.14. The van der Waals surface area contributed by atoms with Crippen molar-refractivity contribution in [2.24, 2.45) is 0 Å². The highest BCUT2D eigenvalue weighted by Crippen LogP contribution is 2.19. The van der Waals surface area contributed by atoms with E-state index < -0.39 is 34.9 Å². The van der Waals surface area contributed by atoms with Crippen LogP contribution in [0, 0.1) is 5.95 Å². The first-order valence-electron chi connectivity index (χ1n) is 5.08. The van der Waals surface area contributed by atoms with Crippen LogP contribution >= 0.6 is 0 Å². The van der Waals surface area contributed by atoms with Gasteiger partial charge >= 0.3 is 12.1 Å². The summed E-state index contributed by atoms with van der Waals surface area (Å²) in [5, 5.41) is 10.9. The average Bonchev–Trinajstić information content (AvgIpc) is 2.17. The number of carboxylic acids is 1.